The predicted octanol–water partition coefficient (Wildman–Crippen LogP) is 5.00. The zero-order chi connectivity index (χ0) is 33.6. The molecule has 0 aliphatic carbocycles. The molecule has 1 aliphatic heterocycles. The molecule has 1 saturated heterocycles. The van der Waals surface area contributed by atoms with Crippen molar-refractivity contribution in [3.05, 3.63) is 90.6 Å². The van der Waals surface area contributed by atoms with Gasteiger partial charge in [0.25, 0.3) is 0 Å². The van der Waals surface area contributed by atoms with Gasteiger partial charge in [-0.2, -0.15) is 0 Å². The summed E-state index contributed by atoms with van der Waals surface area (Å²) in [6.45, 7) is 2.65. The van der Waals surface area contributed by atoms with Gasteiger partial charge < -0.3 is 34.8 Å². The highest BCUT2D eigenvalue weighted by Gasteiger charge is 2.47. The molecular formula is C36H49NO9. The van der Waals surface area contributed by atoms with Crippen LogP contribution in [0.1, 0.15) is 82.0 Å². The van der Waals surface area contributed by atoms with Crippen molar-refractivity contribution in [2.75, 3.05) is 6.61 Å². The summed E-state index contributed by atoms with van der Waals surface area (Å²) in [6, 6.07) is 4.59. The van der Waals surface area contributed by atoms with Gasteiger partial charge in [0.1, 0.15) is 35.7 Å². The molecule has 10 nitrogen and oxygen atoms in total. The van der Waals surface area contributed by atoms with Crippen molar-refractivity contribution < 1.29 is 43.9 Å². The number of ether oxygens (including phenoxy) is 3. The number of hydrogen-bond acceptors (Lipinski definition) is 9. The summed E-state index contributed by atoms with van der Waals surface area (Å²) in [5.41, 5.74) is -0.0809. The van der Waals surface area contributed by atoms with E-state index in [2.05, 4.69) is 73.0 Å². The Kier molecular flexibility index (Phi) is 18.9. The van der Waals surface area contributed by atoms with E-state index in [1.54, 1.807) is 12.1 Å². The predicted molar refractivity (Wildman–Crippen MR) is 176 cm³/mol. The average Bonchev–Trinajstić information content (AvgIpc) is 3.03. The first-order valence-corrected chi connectivity index (χ1v) is 15.9. The van der Waals surface area contributed by atoms with Gasteiger partial charge in [-0.3, -0.25) is 9.59 Å². The number of aliphatic hydroxyl groups is 3. The van der Waals surface area contributed by atoms with Crippen molar-refractivity contribution in [3.8, 4) is 5.75 Å². The number of para-hydroxylation sites is 1. The largest absolute Gasteiger partial charge is 0.430 e. The van der Waals surface area contributed by atoms with E-state index < -0.39 is 55.1 Å². The molecule has 0 bridgehead atoms. The molecule has 5 atom stereocenters. The van der Waals surface area contributed by atoms with Crippen molar-refractivity contribution in [2.24, 2.45) is 0 Å². The number of aliphatic hydroxyl groups excluding tert-OH is 3. The van der Waals surface area contributed by atoms with Gasteiger partial charge in [-0.05, 0) is 63.5 Å². The number of rotatable bonds is 19. The normalized spacial score (nSPS) is 22.0. The van der Waals surface area contributed by atoms with Crippen LogP contribution in [0.15, 0.2) is 85.0 Å². The van der Waals surface area contributed by atoms with Gasteiger partial charge >= 0.3 is 11.9 Å². The number of esters is 2. The molecule has 1 aromatic carbocycles. The van der Waals surface area contributed by atoms with Crippen molar-refractivity contribution in [3.63, 3.8) is 0 Å². The monoisotopic (exact) mass is 639 g/mol. The summed E-state index contributed by atoms with van der Waals surface area (Å²) < 4.78 is 16.0. The molecule has 1 aromatic rings. The van der Waals surface area contributed by atoms with Crippen LogP contribution in [0.25, 0.3) is 0 Å². The topological polar surface area (TPSA) is 152 Å². The Morgan fingerprint density at radius 1 is 0.848 bits per heavy atom. The Morgan fingerprint density at radius 3 is 2.02 bits per heavy atom. The van der Waals surface area contributed by atoms with E-state index in [0.29, 0.717) is 6.42 Å². The maximum Gasteiger partial charge on any atom is 0.344 e. The number of nitrogens with one attached hydrogen (secondary N) is 1. The second-order valence-corrected chi connectivity index (χ2v) is 10.7. The van der Waals surface area contributed by atoms with Gasteiger partial charge in [-0.1, -0.05) is 79.8 Å². The van der Waals surface area contributed by atoms with Gasteiger partial charge in [-0.15, -0.1) is 0 Å². The van der Waals surface area contributed by atoms with Crippen LogP contribution in [0.2, 0.25) is 0 Å². The second kappa shape index (κ2) is 22.6. The van der Waals surface area contributed by atoms with E-state index in [4.69, 9.17) is 14.2 Å². The number of hydrogen-bond donors (Lipinski definition) is 4. The summed E-state index contributed by atoms with van der Waals surface area (Å²) in [5, 5.41) is 33.3. The quantitative estimate of drug-likeness (QED) is 0.0709. The van der Waals surface area contributed by atoms with Crippen molar-refractivity contribution >= 4 is 17.8 Å². The Bertz CT molecular complexity index is 1220. The zero-order valence-corrected chi connectivity index (χ0v) is 26.8. The van der Waals surface area contributed by atoms with Crippen LogP contribution in [-0.2, 0) is 19.1 Å². The molecule has 0 saturated carbocycles. The Morgan fingerprint density at radius 2 is 1.43 bits per heavy atom. The third-order valence-corrected chi connectivity index (χ3v) is 6.97. The van der Waals surface area contributed by atoms with Crippen molar-refractivity contribution in [2.45, 2.75) is 102 Å². The van der Waals surface area contributed by atoms with E-state index in [-0.39, 0.29) is 17.7 Å². The minimum Gasteiger partial charge on any atom is -0.430 e. The number of allylic oxidation sites excluding steroid dienone is 10. The molecule has 1 amide bonds. The smallest absolute Gasteiger partial charge is 0.344 e. The van der Waals surface area contributed by atoms with Crippen LogP contribution in [0.4, 0.5) is 0 Å². The highest BCUT2D eigenvalue weighted by molar-refractivity contribution is 5.93. The van der Waals surface area contributed by atoms with Gasteiger partial charge in [0.15, 0.2) is 0 Å². The lowest BCUT2D eigenvalue weighted by Crippen LogP contribution is -2.65. The lowest BCUT2D eigenvalue weighted by Gasteiger charge is -2.41. The molecule has 0 aromatic heterocycles. The number of carbonyl (C=O) groups excluding carboxylic acids is 3. The first-order valence-electron chi connectivity index (χ1n) is 15.9. The maximum absolute atomic E-state index is 13.0. The first-order chi connectivity index (χ1) is 22.3. The van der Waals surface area contributed by atoms with E-state index in [9.17, 15) is 29.7 Å². The van der Waals surface area contributed by atoms with E-state index >= 15 is 0 Å². The number of unbranched alkanes of at least 4 members (excludes halogenated alkanes) is 2. The molecule has 1 aliphatic rings. The SMILES string of the molecule is CC/C=C\C/C=C\C/C=C\C/C=C\C/C=C\CCCCC(=O)N[C@H]1[C@H](OC(=O)c2ccccc2OC(C)=O)OC(CO)[C@@H](O)[C@H]1O. The highest BCUT2D eigenvalue weighted by Crippen LogP contribution is 2.26. The van der Waals surface area contributed by atoms with Gasteiger partial charge in [0.2, 0.25) is 12.2 Å². The number of amides is 1. The second-order valence-electron chi connectivity index (χ2n) is 10.7. The zero-order valence-electron chi connectivity index (χ0n) is 26.8. The van der Waals surface area contributed by atoms with Gasteiger partial charge in [-0.25, -0.2) is 4.79 Å². The summed E-state index contributed by atoms with van der Waals surface area (Å²) in [5.74, 6) is -2.05. The molecular weight excluding hydrogens is 590 g/mol. The number of benzene rings is 1. The summed E-state index contributed by atoms with van der Waals surface area (Å²) in [6.07, 6.45) is 22.5. The molecule has 0 spiro atoms. The van der Waals surface area contributed by atoms with E-state index in [1.165, 1.54) is 19.1 Å². The fourth-order valence-corrected chi connectivity index (χ4v) is 4.56. The van der Waals surface area contributed by atoms with E-state index in [0.717, 1.165) is 44.9 Å². The van der Waals surface area contributed by atoms with Crippen molar-refractivity contribution in [1.29, 1.82) is 0 Å². The lowest BCUT2D eigenvalue weighted by molar-refractivity contribution is -0.253. The maximum atomic E-state index is 13.0. The molecule has 1 heterocycles. The minimum absolute atomic E-state index is 0.0387. The van der Waals surface area contributed by atoms with Crippen LogP contribution < -0.4 is 10.1 Å². The molecule has 1 unspecified atom stereocenters. The van der Waals surface area contributed by atoms with Gasteiger partial charge in [0, 0.05) is 13.3 Å². The van der Waals surface area contributed by atoms with Crippen LogP contribution in [0.3, 0.4) is 0 Å². The third-order valence-electron chi connectivity index (χ3n) is 6.97. The van der Waals surface area contributed by atoms with E-state index in [1.807, 2.05) is 0 Å². The van der Waals surface area contributed by atoms with Crippen LogP contribution in [-0.4, -0.2) is 70.4 Å². The Balaban J connectivity index is 1.77. The van der Waals surface area contributed by atoms with Crippen LogP contribution in [0, 0.1) is 0 Å². The summed E-state index contributed by atoms with van der Waals surface area (Å²) in [4.78, 5) is 37.1. The fraction of sp³-hybridized carbons (Fsp3) is 0.472. The molecule has 2 rings (SSSR count). The summed E-state index contributed by atoms with van der Waals surface area (Å²) >= 11 is 0. The van der Waals surface area contributed by atoms with Gasteiger partial charge in [0.05, 0.1) is 6.61 Å². The first kappa shape index (κ1) is 38.4. The molecule has 1 fully saturated rings. The third kappa shape index (κ3) is 14.5. The molecule has 10 heteroatoms. The Labute approximate surface area is 272 Å². The summed E-state index contributed by atoms with van der Waals surface area (Å²) in [7, 11) is 0. The van der Waals surface area contributed by atoms with Crippen LogP contribution in [0.5, 0.6) is 5.75 Å². The fourth-order valence-electron chi connectivity index (χ4n) is 4.56. The number of carbonyl (C=O) groups is 3. The minimum atomic E-state index is -1.59. The molecule has 4 N–H and O–H groups in total. The highest BCUT2D eigenvalue weighted by atomic mass is 16.7. The van der Waals surface area contributed by atoms with Crippen LogP contribution >= 0.6 is 0 Å². The molecule has 252 valence electrons. The Hall–Kier alpha value is -3.83. The standard InChI is InChI=1S/C36H49NO9/c1-3-4-5-6-7-8-9-10-11-12-13-14-15-16-17-18-19-20-25-31(40)37-32-34(42)33(41)30(26-38)45-36(32)46-35(43)28-23-21-22-24-29(28)44-27(2)39/h4-5,7-8,10-11,13-14,16-17,21-24,30,32-34,36,38,41-42H,3,6,9,12,15,18-20,25-26H2,1-2H3,(H,37,40)/b5-4-,8-7-,11-10-,14-13-,17-16-/t30?,32-,33-,34+,36+/m1/s1. The average molecular weight is 640 g/mol. The van der Waals surface area contributed by atoms with Crippen molar-refractivity contribution in [1.82, 2.24) is 5.32 Å². The lowest BCUT2D eigenvalue weighted by atomic mass is 9.96. The molecule has 46 heavy (non-hydrogen) atoms. The molecule has 0 radical (unpaired) electrons.